The molecule has 0 unspecified atom stereocenters. The summed E-state index contributed by atoms with van der Waals surface area (Å²) in [4.78, 5) is 24.0. The fourth-order valence-corrected chi connectivity index (χ4v) is 4.58. The van der Waals surface area contributed by atoms with Crippen molar-refractivity contribution in [2.24, 2.45) is 0 Å². The van der Waals surface area contributed by atoms with Crippen molar-refractivity contribution in [2.75, 3.05) is 34.4 Å². The number of fused-ring (bicyclic) bond motifs is 3. The van der Waals surface area contributed by atoms with Gasteiger partial charge in [-0.15, -0.1) is 0 Å². The van der Waals surface area contributed by atoms with Crippen LogP contribution in [0.4, 0.5) is 29.0 Å². The predicted molar refractivity (Wildman–Crippen MR) is 123 cm³/mol. The van der Waals surface area contributed by atoms with E-state index in [2.05, 4.69) is 16.0 Å². The van der Waals surface area contributed by atoms with Gasteiger partial charge in [0.1, 0.15) is 23.3 Å². The average molecular weight is 457 g/mol. The number of carbonyl (C=O) groups is 1. The number of carbonyl (C=O) groups excluding carboxylic acids is 1. The average Bonchev–Trinajstić information content (AvgIpc) is 3.03. The lowest BCUT2D eigenvalue weighted by molar-refractivity contribution is -0.344. The van der Waals surface area contributed by atoms with Gasteiger partial charge in [0.2, 0.25) is 17.5 Å². The van der Waals surface area contributed by atoms with Crippen LogP contribution in [0.3, 0.4) is 0 Å². The first-order valence-corrected chi connectivity index (χ1v) is 10.5. The Hall–Kier alpha value is -3.28. The number of pyridine rings is 2. The molecule has 3 heterocycles. The number of rotatable bonds is 4. The Morgan fingerprint density at radius 1 is 1.19 bits per heavy atom. The van der Waals surface area contributed by atoms with E-state index in [1.165, 1.54) is 4.90 Å². The van der Waals surface area contributed by atoms with Crippen LogP contribution in [0.2, 0.25) is 10.0 Å². The second-order valence-corrected chi connectivity index (χ2v) is 8.00. The molecule has 1 aliphatic heterocycles. The number of aromatic amines is 1. The van der Waals surface area contributed by atoms with E-state index in [1.807, 2.05) is 18.7 Å². The highest BCUT2D eigenvalue weighted by Gasteiger charge is 2.36. The summed E-state index contributed by atoms with van der Waals surface area (Å²) in [5, 5.41) is 11.8. The van der Waals surface area contributed by atoms with E-state index in [0.717, 1.165) is 0 Å². The van der Waals surface area contributed by atoms with Crippen LogP contribution in [0.1, 0.15) is 25.0 Å². The molecule has 1 amide bonds. The first-order chi connectivity index (χ1) is 14.8. The number of nitrogens with zero attached hydrogens (tertiary/aromatic N) is 4. The standard InChI is InChI=1S/C21H19Cl2N7O/c1-3-29(4-2)20-14(9-24)16-13-8-15(31)30(12-6-10(22)5-11(23)7-12)21(13)28-19(26)17(16)18(25)27-20/h5-7H,3-4,8H2,1-2H3,(H2,25,27)(H2,26,28)/p+1. The molecule has 0 atom stereocenters. The minimum atomic E-state index is -0.229. The molecule has 0 radical (unpaired) electrons. The fraction of sp³-hybridized carbons (Fsp3) is 0.238. The fourth-order valence-electron chi connectivity index (χ4n) is 4.07. The lowest BCUT2D eigenvalue weighted by Crippen LogP contribution is -2.31. The molecule has 10 heteroatoms. The summed E-state index contributed by atoms with van der Waals surface area (Å²) in [5.74, 6) is 1.12. The van der Waals surface area contributed by atoms with E-state index in [9.17, 15) is 10.1 Å². The van der Waals surface area contributed by atoms with Crippen molar-refractivity contribution in [2.45, 2.75) is 20.3 Å². The van der Waals surface area contributed by atoms with E-state index in [1.54, 1.807) is 18.2 Å². The smallest absolute Gasteiger partial charge is 0.240 e. The maximum absolute atomic E-state index is 13.1. The molecule has 0 saturated carbocycles. The number of amides is 1. The number of nitrogen functional groups attached to an aromatic ring is 2. The summed E-state index contributed by atoms with van der Waals surface area (Å²) in [6.07, 6.45) is 0.0407. The van der Waals surface area contributed by atoms with Crippen LogP contribution in [-0.2, 0) is 11.2 Å². The number of nitriles is 1. The third kappa shape index (κ3) is 3.26. The van der Waals surface area contributed by atoms with Crippen LogP contribution < -0.4 is 26.3 Å². The molecule has 0 bridgehead atoms. The molecule has 3 aromatic rings. The zero-order chi connectivity index (χ0) is 22.4. The van der Waals surface area contributed by atoms with E-state index < -0.39 is 0 Å². The maximum atomic E-state index is 13.1. The van der Waals surface area contributed by atoms with Gasteiger partial charge in [-0.25, -0.2) is 9.97 Å². The summed E-state index contributed by atoms with van der Waals surface area (Å²) < 4.78 is 0. The van der Waals surface area contributed by atoms with Gasteiger partial charge in [0, 0.05) is 21.0 Å². The molecule has 158 valence electrons. The summed E-state index contributed by atoms with van der Waals surface area (Å²) >= 11 is 12.3. The Morgan fingerprint density at radius 2 is 1.84 bits per heavy atom. The number of aromatic nitrogens is 2. The molecule has 4 rings (SSSR count). The highest BCUT2D eigenvalue weighted by atomic mass is 35.5. The number of hydrogen-bond donors (Lipinski definition) is 2. The molecule has 0 fully saturated rings. The van der Waals surface area contributed by atoms with Gasteiger partial charge in [0.15, 0.2) is 0 Å². The zero-order valence-electron chi connectivity index (χ0n) is 17.0. The van der Waals surface area contributed by atoms with Crippen molar-refractivity contribution < 1.29 is 9.78 Å². The molecule has 0 saturated heterocycles. The number of nitrogens with one attached hydrogen (secondary N) is 1. The number of hydrogen-bond acceptors (Lipinski definition) is 6. The van der Waals surface area contributed by atoms with Crippen LogP contribution in [0.15, 0.2) is 18.2 Å². The Morgan fingerprint density at radius 3 is 2.42 bits per heavy atom. The molecule has 8 nitrogen and oxygen atoms in total. The number of halogens is 2. The Labute approximate surface area is 189 Å². The quantitative estimate of drug-likeness (QED) is 0.618. The normalized spacial score (nSPS) is 12.9. The number of anilines is 5. The number of nitrogens with two attached hydrogens (primary N) is 2. The summed E-state index contributed by atoms with van der Waals surface area (Å²) in [7, 11) is 0. The van der Waals surface area contributed by atoms with E-state index in [0.29, 0.717) is 68.2 Å². The Kier molecular flexibility index (Phi) is 5.25. The third-order valence-corrected chi connectivity index (χ3v) is 5.84. The summed E-state index contributed by atoms with van der Waals surface area (Å²) in [6.45, 7) is 5.31. The van der Waals surface area contributed by atoms with Crippen LogP contribution in [-0.4, -0.2) is 24.0 Å². The van der Waals surface area contributed by atoms with Gasteiger partial charge in [-0.05, 0) is 32.0 Å². The summed E-state index contributed by atoms with van der Waals surface area (Å²) in [5.41, 5.74) is 14.0. The van der Waals surface area contributed by atoms with E-state index >= 15 is 0 Å². The second-order valence-electron chi connectivity index (χ2n) is 7.13. The largest absolute Gasteiger partial charge is 0.383 e. The number of benzene rings is 1. The van der Waals surface area contributed by atoms with Crippen LogP contribution in [0, 0.1) is 11.3 Å². The highest BCUT2D eigenvalue weighted by Crippen LogP contribution is 2.43. The molecule has 31 heavy (non-hydrogen) atoms. The summed E-state index contributed by atoms with van der Waals surface area (Å²) in [6, 6.07) is 7.11. The van der Waals surface area contributed by atoms with Gasteiger partial charge in [0.25, 0.3) is 0 Å². The number of H-pyrrole nitrogens is 1. The zero-order valence-corrected chi connectivity index (χ0v) is 18.5. The third-order valence-electron chi connectivity index (χ3n) is 5.40. The first kappa shape index (κ1) is 21.0. The van der Waals surface area contributed by atoms with Crippen molar-refractivity contribution in [3.63, 3.8) is 0 Å². The van der Waals surface area contributed by atoms with Crippen molar-refractivity contribution in [3.8, 4) is 6.07 Å². The van der Waals surface area contributed by atoms with Gasteiger partial charge in [-0.2, -0.15) is 5.26 Å². The second kappa shape index (κ2) is 7.76. The molecule has 5 N–H and O–H groups in total. The minimum Gasteiger partial charge on any atom is -0.383 e. The topological polar surface area (TPSA) is 126 Å². The van der Waals surface area contributed by atoms with Gasteiger partial charge in [-0.3, -0.25) is 14.6 Å². The van der Waals surface area contributed by atoms with Crippen molar-refractivity contribution in [3.05, 3.63) is 39.4 Å². The molecular formula is C21H20Cl2N7O+. The Balaban J connectivity index is 2.07. The monoisotopic (exact) mass is 456 g/mol. The molecule has 1 aromatic carbocycles. The van der Waals surface area contributed by atoms with Gasteiger partial charge < -0.3 is 11.5 Å². The molecule has 1 aliphatic rings. The maximum Gasteiger partial charge on any atom is 0.240 e. The molecule has 0 aliphatic carbocycles. The van der Waals surface area contributed by atoms with E-state index in [4.69, 9.17) is 34.7 Å². The van der Waals surface area contributed by atoms with Crippen LogP contribution in [0.5, 0.6) is 0 Å². The SMILES string of the molecule is CCN(CC)c1[nH+]c(N)c2c(N)nc3c(c2c1C#N)CC(=O)N3c1cc(Cl)cc(Cl)c1. The first-order valence-electron chi connectivity index (χ1n) is 9.71. The van der Waals surface area contributed by atoms with Crippen molar-refractivity contribution >= 4 is 68.8 Å². The van der Waals surface area contributed by atoms with Crippen LogP contribution in [0.25, 0.3) is 10.8 Å². The van der Waals surface area contributed by atoms with Crippen LogP contribution >= 0.6 is 23.2 Å². The molecule has 0 spiro atoms. The Bertz CT molecular complexity index is 1260. The van der Waals surface area contributed by atoms with Crippen molar-refractivity contribution in [1.82, 2.24) is 4.98 Å². The molecular weight excluding hydrogens is 437 g/mol. The van der Waals surface area contributed by atoms with E-state index in [-0.39, 0.29) is 18.1 Å². The minimum absolute atomic E-state index is 0.0407. The molecule has 2 aromatic heterocycles. The predicted octanol–water partition coefficient (Wildman–Crippen LogP) is 3.46. The van der Waals surface area contributed by atoms with Gasteiger partial charge in [-0.1, -0.05) is 23.2 Å². The van der Waals surface area contributed by atoms with Crippen molar-refractivity contribution in [1.29, 1.82) is 5.26 Å². The van der Waals surface area contributed by atoms with Gasteiger partial charge >= 0.3 is 0 Å². The van der Waals surface area contributed by atoms with Gasteiger partial charge in [0.05, 0.1) is 30.6 Å². The highest BCUT2D eigenvalue weighted by molar-refractivity contribution is 6.35. The lowest BCUT2D eigenvalue weighted by atomic mass is 10.0. The lowest BCUT2D eigenvalue weighted by Gasteiger charge is -2.20.